The first-order valence-corrected chi connectivity index (χ1v) is 5.56. The van der Waals surface area contributed by atoms with E-state index in [1.807, 2.05) is 30.3 Å². The van der Waals surface area contributed by atoms with Crippen molar-refractivity contribution in [3.8, 4) is 17.0 Å². The van der Waals surface area contributed by atoms with Crippen LogP contribution in [0.3, 0.4) is 0 Å². The number of nitrogens with one attached hydrogen (secondary N) is 1. The molecule has 2 rings (SSSR count). The molecule has 2 aromatic rings. The Hall–Kier alpha value is -1.97. The molecular weight excluding hydrogens is 216 g/mol. The molecule has 0 aliphatic carbocycles. The van der Waals surface area contributed by atoms with Crippen LogP contribution in [0.5, 0.6) is 5.75 Å². The van der Waals surface area contributed by atoms with Gasteiger partial charge in [0, 0.05) is 17.7 Å². The molecule has 0 aliphatic rings. The molecule has 4 nitrogen and oxygen atoms in total. The second kappa shape index (κ2) is 4.91. The van der Waals surface area contributed by atoms with E-state index in [2.05, 4.69) is 24.3 Å². The predicted octanol–water partition coefficient (Wildman–Crippen LogP) is 3.17. The third-order valence-corrected chi connectivity index (χ3v) is 2.33. The van der Waals surface area contributed by atoms with Crippen LogP contribution in [-0.2, 0) is 0 Å². The van der Waals surface area contributed by atoms with E-state index in [0.717, 1.165) is 17.0 Å². The molecule has 0 radical (unpaired) electrons. The Morgan fingerprint density at radius 2 is 1.94 bits per heavy atom. The van der Waals surface area contributed by atoms with E-state index in [4.69, 9.17) is 9.26 Å². The summed E-state index contributed by atoms with van der Waals surface area (Å²) in [7, 11) is 1.65. The highest BCUT2D eigenvalue weighted by Gasteiger charge is 2.07. The molecule has 90 valence electrons. The van der Waals surface area contributed by atoms with Crippen LogP contribution in [0.1, 0.15) is 13.8 Å². The number of methoxy groups -OCH3 is 1. The lowest BCUT2D eigenvalue weighted by atomic mass is 10.1. The van der Waals surface area contributed by atoms with Crippen molar-refractivity contribution in [2.45, 2.75) is 19.9 Å². The number of nitrogens with zero attached hydrogens (tertiary/aromatic N) is 1. The number of hydrogen-bond donors (Lipinski definition) is 1. The van der Waals surface area contributed by atoms with E-state index in [-0.39, 0.29) is 0 Å². The van der Waals surface area contributed by atoms with Gasteiger partial charge in [0.15, 0.2) is 0 Å². The van der Waals surface area contributed by atoms with Crippen molar-refractivity contribution in [3.63, 3.8) is 0 Å². The molecule has 17 heavy (non-hydrogen) atoms. The smallest absolute Gasteiger partial charge is 0.225 e. The van der Waals surface area contributed by atoms with Crippen LogP contribution in [0, 0.1) is 0 Å². The SMILES string of the molecule is COc1ccc(-c2cc(NC(C)C)on2)cc1. The number of hydrogen-bond acceptors (Lipinski definition) is 4. The lowest BCUT2D eigenvalue weighted by Crippen LogP contribution is -2.08. The summed E-state index contributed by atoms with van der Waals surface area (Å²) in [5, 5.41) is 7.18. The topological polar surface area (TPSA) is 47.3 Å². The lowest BCUT2D eigenvalue weighted by Gasteiger charge is -2.03. The Labute approximate surface area is 101 Å². The molecule has 0 fully saturated rings. The summed E-state index contributed by atoms with van der Waals surface area (Å²) < 4.78 is 10.3. The number of aromatic nitrogens is 1. The van der Waals surface area contributed by atoms with Crippen LogP contribution < -0.4 is 10.1 Å². The molecule has 0 saturated carbocycles. The zero-order chi connectivity index (χ0) is 12.3. The highest BCUT2D eigenvalue weighted by atomic mass is 16.5. The highest BCUT2D eigenvalue weighted by Crippen LogP contribution is 2.24. The minimum atomic E-state index is 0.326. The monoisotopic (exact) mass is 232 g/mol. The first-order chi connectivity index (χ1) is 8.19. The molecule has 1 N–H and O–H groups in total. The van der Waals surface area contributed by atoms with Gasteiger partial charge in [0.05, 0.1) is 7.11 Å². The van der Waals surface area contributed by atoms with Crippen molar-refractivity contribution in [2.75, 3.05) is 12.4 Å². The Morgan fingerprint density at radius 3 is 2.53 bits per heavy atom. The van der Waals surface area contributed by atoms with Crippen LogP contribution in [0.15, 0.2) is 34.9 Å². The summed E-state index contributed by atoms with van der Waals surface area (Å²) in [6.07, 6.45) is 0. The van der Waals surface area contributed by atoms with E-state index in [1.165, 1.54) is 0 Å². The Bertz CT molecular complexity index is 474. The standard InChI is InChI=1S/C13H16N2O2/c1-9(2)14-13-8-12(15-17-13)10-4-6-11(16-3)7-5-10/h4-9,14H,1-3H3. The molecule has 0 amide bonds. The number of benzene rings is 1. The minimum Gasteiger partial charge on any atom is -0.497 e. The second-order valence-electron chi connectivity index (χ2n) is 4.10. The van der Waals surface area contributed by atoms with Crippen molar-refractivity contribution < 1.29 is 9.26 Å². The maximum atomic E-state index is 5.19. The average Bonchev–Trinajstić information content (AvgIpc) is 2.77. The molecule has 0 spiro atoms. The fourth-order valence-electron chi connectivity index (χ4n) is 1.53. The van der Waals surface area contributed by atoms with Crippen molar-refractivity contribution in [3.05, 3.63) is 30.3 Å². The van der Waals surface area contributed by atoms with Gasteiger partial charge in [-0.15, -0.1) is 0 Å². The summed E-state index contributed by atoms with van der Waals surface area (Å²) in [5.41, 5.74) is 1.82. The number of anilines is 1. The van der Waals surface area contributed by atoms with Gasteiger partial charge in [-0.25, -0.2) is 0 Å². The number of ether oxygens (including phenoxy) is 1. The van der Waals surface area contributed by atoms with Crippen LogP contribution in [0.4, 0.5) is 5.88 Å². The van der Waals surface area contributed by atoms with Crippen molar-refractivity contribution in [2.24, 2.45) is 0 Å². The van der Waals surface area contributed by atoms with E-state index in [0.29, 0.717) is 11.9 Å². The molecule has 0 aliphatic heterocycles. The highest BCUT2D eigenvalue weighted by molar-refractivity contribution is 5.62. The Balaban J connectivity index is 2.18. The maximum Gasteiger partial charge on any atom is 0.225 e. The molecule has 1 heterocycles. The van der Waals surface area contributed by atoms with Gasteiger partial charge in [-0.1, -0.05) is 5.16 Å². The third-order valence-electron chi connectivity index (χ3n) is 2.33. The van der Waals surface area contributed by atoms with Gasteiger partial charge in [-0.3, -0.25) is 0 Å². The quantitative estimate of drug-likeness (QED) is 0.879. The van der Waals surface area contributed by atoms with Gasteiger partial charge >= 0.3 is 0 Å². The summed E-state index contributed by atoms with van der Waals surface area (Å²) in [6, 6.07) is 9.93. The van der Waals surface area contributed by atoms with Gasteiger partial charge in [0.1, 0.15) is 11.4 Å². The summed E-state index contributed by atoms with van der Waals surface area (Å²) >= 11 is 0. The minimum absolute atomic E-state index is 0.326. The molecular formula is C13H16N2O2. The maximum absolute atomic E-state index is 5.19. The van der Waals surface area contributed by atoms with Crippen molar-refractivity contribution in [1.29, 1.82) is 0 Å². The molecule has 0 saturated heterocycles. The second-order valence-corrected chi connectivity index (χ2v) is 4.10. The number of rotatable bonds is 4. The summed E-state index contributed by atoms with van der Waals surface area (Å²) in [6.45, 7) is 4.10. The average molecular weight is 232 g/mol. The molecule has 4 heteroatoms. The van der Waals surface area contributed by atoms with E-state index < -0.39 is 0 Å². The first kappa shape index (κ1) is 11.5. The fourth-order valence-corrected chi connectivity index (χ4v) is 1.53. The molecule has 0 atom stereocenters. The lowest BCUT2D eigenvalue weighted by molar-refractivity contribution is 0.414. The van der Waals surface area contributed by atoms with Crippen molar-refractivity contribution in [1.82, 2.24) is 5.16 Å². The zero-order valence-corrected chi connectivity index (χ0v) is 10.2. The van der Waals surface area contributed by atoms with Crippen molar-refractivity contribution >= 4 is 5.88 Å². The Morgan fingerprint density at radius 1 is 1.24 bits per heavy atom. The largest absolute Gasteiger partial charge is 0.497 e. The fraction of sp³-hybridized carbons (Fsp3) is 0.308. The predicted molar refractivity (Wildman–Crippen MR) is 67.2 cm³/mol. The van der Waals surface area contributed by atoms with Gasteiger partial charge in [0.2, 0.25) is 5.88 Å². The van der Waals surface area contributed by atoms with Gasteiger partial charge in [-0.2, -0.15) is 0 Å². The van der Waals surface area contributed by atoms with Crippen LogP contribution in [0.25, 0.3) is 11.3 Å². The van der Waals surface area contributed by atoms with E-state index in [9.17, 15) is 0 Å². The van der Waals surface area contributed by atoms with Crippen LogP contribution >= 0.6 is 0 Å². The summed E-state index contributed by atoms with van der Waals surface area (Å²) in [5.74, 6) is 1.52. The van der Waals surface area contributed by atoms with Gasteiger partial charge < -0.3 is 14.6 Å². The van der Waals surface area contributed by atoms with Gasteiger partial charge in [0.25, 0.3) is 0 Å². The van der Waals surface area contributed by atoms with E-state index >= 15 is 0 Å². The summed E-state index contributed by atoms with van der Waals surface area (Å²) in [4.78, 5) is 0. The van der Waals surface area contributed by atoms with E-state index in [1.54, 1.807) is 7.11 Å². The zero-order valence-electron chi connectivity index (χ0n) is 10.2. The van der Waals surface area contributed by atoms with Crippen LogP contribution in [-0.4, -0.2) is 18.3 Å². The molecule has 1 aromatic heterocycles. The van der Waals surface area contributed by atoms with Gasteiger partial charge in [-0.05, 0) is 38.1 Å². The molecule has 0 bridgehead atoms. The Kier molecular flexibility index (Phi) is 3.32. The normalized spacial score (nSPS) is 10.6. The van der Waals surface area contributed by atoms with Crippen LogP contribution in [0.2, 0.25) is 0 Å². The first-order valence-electron chi connectivity index (χ1n) is 5.56. The third kappa shape index (κ3) is 2.78. The molecule has 0 unspecified atom stereocenters. The molecule has 1 aromatic carbocycles.